The number of halogens is 1. The average Bonchev–Trinajstić information content (AvgIpc) is 2.66. The molecule has 29 heavy (non-hydrogen) atoms. The van der Waals surface area contributed by atoms with Gasteiger partial charge < -0.3 is 10.1 Å². The van der Waals surface area contributed by atoms with E-state index < -0.39 is 26.6 Å². The maximum atomic E-state index is 14.0. The van der Waals surface area contributed by atoms with E-state index in [1.165, 1.54) is 12.1 Å². The second-order valence-corrected chi connectivity index (χ2v) is 8.46. The molecule has 2 aromatic rings. The maximum absolute atomic E-state index is 14.0. The van der Waals surface area contributed by atoms with Gasteiger partial charge in [0.1, 0.15) is 16.5 Å². The molecule has 0 fully saturated rings. The highest BCUT2D eigenvalue weighted by atomic mass is 32.2. The Kier molecular flexibility index (Phi) is 7.53. The molecule has 0 bridgehead atoms. The summed E-state index contributed by atoms with van der Waals surface area (Å²) in [6, 6.07) is 10.2. The molecule has 2 rings (SSSR count). The number of hydrogen-bond donors (Lipinski definition) is 2. The van der Waals surface area contributed by atoms with Crippen LogP contribution in [0, 0.1) is 5.82 Å². The highest BCUT2D eigenvalue weighted by Gasteiger charge is 2.21. The molecule has 2 N–H and O–H groups in total. The van der Waals surface area contributed by atoms with Gasteiger partial charge >= 0.3 is 0 Å². The summed E-state index contributed by atoms with van der Waals surface area (Å²) in [4.78, 5) is 12.0. The van der Waals surface area contributed by atoms with E-state index in [9.17, 15) is 17.6 Å². The number of amides is 1. The first-order valence-corrected chi connectivity index (χ1v) is 10.6. The Morgan fingerprint density at radius 3 is 2.59 bits per heavy atom. The standard InChI is InChI=1S/C21H25FN2O4S/c1-5-11-23-29(26,27)20-13-17(9-10-19(20)22)21(25)24-15(4)16-7-6-8-18(12-16)28-14(2)3/h5-10,12-15,23H,1,11H2,2-4H3,(H,24,25). The Morgan fingerprint density at radius 2 is 1.93 bits per heavy atom. The maximum Gasteiger partial charge on any atom is 0.251 e. The van der Waals surface area contributed by atoms with E-state index in [-0.39, 0.29) is 24.3 Å². The van der Waals surface area contributed by atoms with Crippen LogP contribution in [0.4, 0.5) is 4.39 Å². The average molecular weight is 421 g/mol. The largest absolute Gasteiger partial charge is 0.491 e. The van der Waals surface area contributed by atoms with E-state index in [0.717, 1.165) is 17.7 Å². The number of carbonyl (C=O) groups is 1. The predicted octanol–water partition coefficient (Wildman–Crippen LogP) is 3.57. The second kappa shape index (κ2) is 9.67. The Labute approximate surface area is 170 Å². The van der Waals surface area contributed by atoms with Crippen molar-refractivity contribution in [3.05, 3.63) is 72.1 Å². The molecule has 0 aromatic heterocycles. The normalized spacial score (nSPS) is 12.4. The lowest BCUT2D eigenvalue weighted by Crippen LogP contribution is -2.28. The number of hydrogen-bond acceptors (Lipinski definition) is 4. The van der Waals surface area contributed by atoms with Crippen molar-refractivity contribution in [2.24, 2.45) is 0 Å². The van der Waals surface area contributed by atoms with Crippen molar-refractivity contribution in [2.75, 3.05) is 6.54 Å². The predicted molar refractivity (Wildman–Crippen MR) is 110 cm³/mol. The van der Waals surface area contributed by atoms with Gasteiger partial charge in [-0.05, 0) is 56.7 Å². The molecule has 1 amide bonds. The van der Waals surface area contributed by atoms with Gasteiger partial charge in [-0.25, -0.2) is 17.5 Å². The van der Waals surface area contributed by atoms with Gasteiger partial charge in [0.25, 0.3) is 5.91 Å². The zero-order chi connectivity index (χ0) is 21.6. The number of nitrogens with one attached hydrogen (secondary N) is 2. The minimum absolute atomic E-state index is 0.0180. The summed E-state index contributed by atoms with van der Waals surface area (Å²) in [5, 5.41) is 2.79. The first kappa shape index (κ1) is 22.6. The third-order valence-electron chi connectivity index (χ3n) is 3.98. The van der Waals surface area contributed by atoms with E-state index in [0.29, 0.717) is 5.75 Å². The summed E-state index contributed by atoms with van der Waals surface area (Å²) in [7, 11) is -4.10. The zero-order valence-electron chi connectivity index (χ0n) is 16.6. The molecule has 2 aromatic carbocycles. The van der Waals surface area contributed by atoms with Crippen LogP contribution in [-0.2, 0) is 10.0 Å². The lowest BCUT2D eigenvalue weighted by Gasteiger charge is -2.17. The van der Waals surface area contributed by atoms with Crippen LogP contribution in [0.15, 0.2) is 60.0 Å². The summed E-state index contributed by atoms with van der Waals surface area (Å²) in [5.74, 6) is -0.778. The molecule has 8 heteroatoms. The lowest BCUT2D eigenvalue weighted by atomic mass is 10.1. The van der Waals surface area contributed by atoms with Gasteiger partial charge in [-0.3, -0.25) is 4.79 Å². The van der Waals surface area contributed by atoms with E-state index in [2.05, 4.69) is 16.6 Å². The van der Waals surface area contributed by atoms with Crippen LogP contribution in [0.1, 0.15) is 42.7 Å². The Balaban J connectivity index is 2.21. The quantitative estimate of drug-likeness (QED) is 0.608. The second-order valence-electron chi connectivity index (χ2n) is 6.72. The van der Waals surface area contributed by atoms with Gasteiger partial charge in [0, 0.05) is 12.1 Å². The molecule has 1 unspecified atom stereocenters. The fourth-order valence-electron chi connectivity index (χ4n) is 2.59. The van der Waals surface area contributed by atoms with Gasteiger partial charge in [0.05, 0.1) is 12.1 Å². The fourth-order valence-corrected chi connectivity index (χ4v) is 3.69. The minimum Gasteiger partial charge on any atom is -0.491 e. The van der Waals surface area contributed by atoms with Crippen molar-refractivity contribution in [1.82, 2.24) is 10.0 Å². The molecule has 0 saturated heterocycles. The van der Waals surface area contributed by atoms with Crippen LogP contribution in [0.5, 0.6) is 5.75 Å². The number of sulfonamides is 1. The molecule has 0 aliphatic rings. The Bertz CT molecular complexity index is 990. The minimum atomic E-state index is -4.10. The first-order chi connectivity index (χ1) is 13.6. The highest BCUT2D eigenvalue weighted by Crippen LogP contribution is 2.21. The van der Waals surface area contributed by atoms with Crippen LogP contribution in [-0.4, -0.2) is 27.0 Å². The lowest BCUT2D eigenvalue weighted by molar-refractivity contribution is 0.0939. The van der Waals surface area contributed by atoms with Gasteiger partial charge in [0.15, 0.2) is 0 Å². The van der Waals surface area contributed by atoms with E-state index in [4.69, 9.17) is 4.74 Å². The summed E-state index contributed by atoms with van der Waals surface area (Å²) in [5.41, 5.74) is 0.853. The van der Waals surface area contributed by atoms with Crippen LogP contribution in [0.2, 0.25) is 0 Å². The van der Waals surface area contributed by atoms with Gasteiger partial charge in [-0.15, -0.1) is 6.58 Å². The summed E-state index contributed by atoms with van der Waals surface area (Å²) >= 11 is 0. The van der Waals surface area contributed by atoms with Gasteiger partial charge in [-0.1, -0.05) is 18.2 Å². The Hall–Kier alpha value is -2.71. The van der Waals surface area contributed by atoms with Crippen molar-refractivity contribution in [3.63, 3.8) is 0 Å². The van der Waals surface area contributed by atoms with Gasteiger partial charge in [-0.2, -0.15) is 0 Å². The van der Waals surface area contributed by atoms with Crippen molar-refractivity contribution >= 4 is 15.9 Å². The molecule has 0 spiro atoms. The third kappa shape index (κ3) is 6.13. The molecule has 0 heterocycles. The van der Waals surface area contributed by atoms with Crippen molar-refractivity contribution in [3.8, 4) is 5.75 Å². The first-order valence-electron chi connectivity index (χ1n) is 9.11. The SMILES string of the molecule is C=CCNS(=O)(=O)c1cc(C(=O)NC(C)c2cccc(OC(C)C)c2)ccc1F. The molecule has 0 saturated carbocycles. The van der Waals surface area contributed by atoms with E-state index >= 15 is 0 Å². The molecule has 0 aliphatic carbocycles. The number of ether oxygens (including phenoxy) is 1. The molecule has 156 valence electrons. The topological polar surface area (TPSA) is 84.5 Å². The van der Waals surface area contributed by atoms with Crippen LogP contribution in [0.25, 0.3) is 0 Å². The number of carbonyl (C=O) groups excluding carboxylic acids is 1. The summed E-state index contributed by atoms with van der Waals surface area (Å²) in [6.07, 6.45) is 1.36. The fraction of sp³-hybridized carbons (Fsp3) is 0.286. The number of rotatable bonds is 9. The molecule has 0 radical (unpaired) electrons. The summed E-state index contributed by atoms with van der Waals surface area (Å²) in [6.45, 7) is 8.99. The molecule has 0 aliphatic heterocycles. The Morgan fingerprint density at radius 1 is 1.21 bits per heavy atom. The monoisotopic (exact) mass is 420 g/mol. The van der Waals surface area contributed by atoms with Crippen LogP contribution in [0.3, 0.4) is 0 Å². The van der Waals surface area contributed by atoms with Crippen LogP contribution < -0.4 is 14.8 Å². The van der Waals surface area contributed by atoms with E-state index in [1.54, 1.807) is 6.92 Å². The molecular formula is C21H25FN2O4S. The molecule has 1 atom stereocenters. The van der Waals surface area contributed by atoms with E-state index in [1.807, 2.05) is 38.1 Å². The van der Waals surface area contributed by atoms with Crippen molar-refractivity contribution < 1.29 is 22.3 Å². The van der Waals surface area contributed by atoms with Crippen molar-refractivity contribution in [2.45, 2.75) is 37.8 Å². The zero-order valence-corrected chi connectivity index (χ0v) is 17.4. The highest BCUT2D eigenvalue weighted by molar-refractivity contribution is 7.89. The summed E-state index contributed by atoms with van der Waals surface area (Å²) < 4.78 is 46.3. The van der Waals surface area contributed by atoms with Crippen molar-refractivity contribution in [1.29, 1.82) is 0 Å². The molecule has 6 nitrogen and oxygen atoms in total. The van der Waals surface area contributed by atoms with Crippen LogP contribution >= 0.6 is 0 Å². The smallest absolute Gasteiger partial charge is 0.251 e. The molecular weight excluding hydrogens is 395 g/mol. The third-order valence-corrected chi connectivity index (χ3v) is 5.42. The van der Waals surface area contributed by atoms with Gasteiger partial charge in [0.2, 0.25) is 10.0 Å². The number of benzene rings is 2.